The maximum atomic E-state index is 12.5. The van der Waals surface area contributed by atoms with Crippen LogP contribution in [0.2, 0.25) is 0 Å². The summed E-state index contributed by atoms with van der Waals surface area (Å²) in [5, 5.41) is 10.9. The van der Waals surface area contributed by atoms with Crippen LogP contribution in [0.4, 0.5) is 5.82 Å². The molecule has 4 rings (SSSR count). The first-order valence-corrected chi connectivity index (χ1v) is 8.93. The number of hydrogen-bond donors (Lipinski definition) is 1. The number of aromatic nitrogens is 4. The average Bonchev–Trinajstić information content (AvgIpc) is 3.34. The molecule has 0 aliphatic heterocycles. The van der Waals surface area contributed by atoms with Crippen LogP contribution in [0.15, 0.2) is 76.1 Å². The minimum atomic E-state index is -0.364. The largest absolute Gasteiger partial charge is 0.355 e. The van der Waals surface area contributed by atoms with Crippen molar-refractivity contribution in [3.8, 4) is 11.3 Å². The maximum absolute atomic E-state index is 12.5. The molecule has 4 aromatic rings. The number of anilines is 1. The van der Waals surface area contributed by atoms with Gasteiger partial charge in [0.2, 0.25) is 0 Å². The third-order valence-corrected chi connectivity index (χ3v) is 4.44. The SMILES string of the molecule is O=C(Nc1ccnn1Cc1ccc(Br)cc1)c1cc(-c2ccncc2)on1. The molecule has 27 heavy (non-hydrogen) atoms. The number of rotatable bonds is 5. The van der Waals surface area contributed by atoms with Gasteiger partial charge in [0.15, 0.2) is 11.5 Å². The van der Waals surface area contributed by atoms with Crippen molar-refractivity contribution in [1.29, 1.82) is 0 Å². The summed E-state index contributed by atoms with van der Waals surface area (Å²) in [7, 11) is 0. The zero-order chi connectivity index (χ0) is 18.6. The molecular weight excluding hydrogens is 410 g/mol. The summed E-state index contributed by atoms with van der Waals surface area (Å²) in [6.45, 7) is 0.539. The Bertz CT molecular complexity index is 1060. The van der Waals surface area contributed by atoms with Gasteiger partial charge in [0, 0.05) is 34.6 Å². The van der Waals surface area contributed by atoms with Crippen molar-refractivity contribution >= 4 is 27.7 Å². The van der Waals surface area contributed by atoms with Gasteiger partial charge in [0.25, 0.3) is 5.91 Å². The Morgan fingerprint density at radius 3 is 2.63 bits per heavy atom. The molecule has 0 unspecified atom stereocenters. The lowest BCUT2D eigenvalue weighted by Gasteiger charge is -2.08. The first-order valence-electron chi connectivity index (χ1n) is 8.14. The highest BCUT2D eigenvalue weighted by atomic mass is 79.9. The second kappa shape index (κ2) is 7.55. The topological polar surface area (TPSA) is 85.8 Å². The lowest BCUT2D eigenvalue weighted by molar-refractivity contribution is 0.101. The number of hydrogen-bond acceptors (Lipinski definition) is 5. The molecule has 3 aromatic heterocycles. The van der Waals surface area contributed by atoms with E-state index in [-0.39, 0.29) is 11.6 Å². The minimum Gasteiger partial charge on any atom is -0.355 e. The molecule has 0 spiro atoms. The molecule has 0 radical (unpaired) electrons. The molecule has 0 aliphatic carbocycles. The molecule has 0 saturated carbocycles. The predicted octanol–water partition coefficient (Wildman–Crippen LogP) is 4.00. The molecular formula is C19H14BrN5O2. The Balaban J connectivity index is 1.48. The Morgan fingerprint density at radius 2 is 1.85 bits per heavy atom. The summed E-state index contributed by atoms with van der Waals surface area (Å²) >= 11 is 3.42. The first kappa shape index (κ1) is 17.2. The minimum absolute atomic E-state index is 0.193. The summed E-state index contributed by atoms with van der Waals surface area (Å²) in [4.78, 5) is 16.5. The Morgan fingerprint density at radius 1 is 1.07 bits per heavy atom. The van der Waals surface area contributed by atoms with Gasteiger partial charge in [-0.25, -0.2) is 4.68 Å². The fourth-order valence-corrected chi connectivity index (χ4v) is 2.81. The van der Waals surface area contributed by atoms with Crippen LogP contribution in [0.3, 0.4) is 0 Å². The summed E-state index contributed by atoms with van der Waals surface area (Å²) < 4.78 is 7.99. The molecule has 3 heterocycles. The summed E-state index contributed by atoms with van der Waals surface area (Å²) in [6.07, 6.45) is 4.94. The molecule has 1 amide bonds. The van der Waals surface area contributed by atoms with Gasteiger partial charge in [-0.05, 0) is 29.8 Å². The third-order valence-electron chi connectivity index (χ3n) is 3.91. The molecule has 8 heteroatoms. The zero-order valence-corrected chi connectivity index (χ0v) is 15.6. The van der Waals surface area contributed by atoms with Crippen molar-refractivity contribution in [2.75, 3.05) is 5.32 Å². The standard InChI is InChI=1S/C19H14BrN5O2/c20-15-3-1-13(2-4-15)12-25-18(7-10-22-25)23-19(26)16-11-17(27-24-16)14-5-8-21-9-6-14/h1-11H,12H2,(H,23,26). The van der Waals surface area contributed by atoms with Gasteiger partial charge in [-0.1, -0.05) is 33.2 Å². The molecule has 0 bridgehead atoms. The van der Waals surface area contributed by atoms with Crippen molar-refractivity contribution in [3.05, 3.63) is 82.9 Å². The van der Waals surface area contributed by atoms with Crippen molar-refractivity contribution in [1.82, 2.24) is 19.9 Å². The van der Waals surface area contributed by atoms with E-state index in [4.69, 9.17) is 4.52 Å². The Labute approximate surface area is 163 Å². The van der Waals surface area contributed by atoms with Crippen molar-refractivity contribution in [3.63, 3.8) is 0 Å². The number of carbonyl (C=O) groups excluding carboxylic acids is 1. The number of amides is 1. The van der Waals surface area contributed by atoms with E-state index in [9.17, 15) is 4.79 Å². The highest BCUT2D eigenvalue weighted by molar-refractivity contribution is 9.10. The van der Waals surface area contributed by atoms with Crippen LogP contribution in [-0.2, 0) is 6.54 Å². The van der Waals surface area contributed by atoms with Gasteiger partial charge >= 0.3 is 0 Å². The summed E-state index contributed by atoms with van der Waals surface area (Å²) in [5.74, 6) is 0.721. The van der Waals surface area contributed by atoms with Crippen LogP contribution in [0.1, 0.15) is 16.1 Å². The molecule has 1 aromatic carbocycles. The second-order valence-electron chi connectivity index (χ2n) is 5.77. The van der Waals surface area contributed by atoms with E-state index in [1.165, 1.54) is 0 Å². The number of benzene rings is 1. The van der Waals surface area contributed by atoms with E-state index in [1.54, 1.807) is 47.5 Å². The van der Waals surface area contributed by atoms with Crippen LogP contribution >= 0.6 is 15.9 Å². The van der Waals surface area contributed by atoms with Crippen molar-refractivity contribution in [2.24, 2.45) is 0 Å². The lowest BCUT2D eigenvalue weighted by Crippen LogP contribution is -2.16. The van der Waals surface area contributed by atoms with E-state index in [1.807, 2.05) is 24.3 Å². The van der Waals surface area contributed by atoms with Crippen LogP contribution in [0.5, 0.6) is 0 Å². The third kappa shape index (κ3) is 3.95. The van der Waals surface area contributed by atoms with Crippen molar-refractivity contribution < 1.29 is 9.32 Å². The van der Waals surface area contributed by atoms with E-state index < -0.39 is 0 Å². The zero-order valence-electron chi connectivity index (χ0n) is 14.0. The number of carbonyl (C=O) groups is 1. The van der Waals surface area contributed by atoms with E-state index in [2.05, 4.69) is 36.5 Å². The summed E-state index contributed by atoms with van der Waals surface area (Å²) in [6, 6.07) is 14.8. The number of nitrogens with zero attached hydrogens (tertiary/aromatic N) is 4. The van der Waals surface area contributed by atoms with Gasteiger partial charge in [-0.2, -0.15) is 5.10 Å². The van der Waals surface area contributed by atoms with Gasteiger partial charge < -0.3 is 9.84 Å². The maximum Gasteiger partial charge on any atom is 0.279 e. The molecule has 0 fully saturated rings. The van der Waals surface area contributed by atoms with Gasteiger partial charge in [0.05, 0.1) is 12.7 Å². The van der Waals surface area contributed by atoms with E-state index >= 15 is 0 Å². The van der Waals surface area contributed by atoms with Crippen LogP contribution < -0.4 is 5.32 Å². The normalized spacial score (nSPS) is 10.7. The van der Waals surface area contributed by atoms with E-state index in [0.717, 1.165) is 15.6 Å². The highest BCUT2D eigenvalue weighted by Crippen LogP contribution is 2.20. The van der Waals surface area contributed by atoms with Gasteiger partial charge in [-0.15, -0.1) is 0 Å². The van der Waals surface area contributed by atoms with Gasteiger partial charge in [0.1, 0.15) is 5.82 Å². The number of nitrogens with one attached hydrogen (secondary N) is 1. The van der Waals surface area contributed by atoms with Gasteiger partial charge in [-0.3, -0.25) is 9.78 Å². The van der Waals surface area contributed by atoms with E-state index in [0.29, 0.717) is 18.1 Å². The highest BCUT2D eigenvalue weighted by Gasteiger charge is 2.15. The average molecular weight is 424 g/mol. The van der Waals surface area contributed by atoms with Crippen LogP contribution in [0, 0.1) is 0 Å². The molecule has 0 atom stereocenters. The van der Waals surface area contributed by atoms with Crippen LogP contribution in [0.25, 0.3) is 11.3 Å². The second-order valence-corrected chi connectivity index (χ2v) is 6.68. The molecule has 134 valence electrons. The number of halogens is 1. The smallest absolute Gasteiger partial charge is 0.279 e. The Hall–Kier alpha value is -3.26. The fourth-order valence-electron chi connectivity index (χ4n) is 2.54. The molecule has 7 nitrogen and oxygen atoms in total. The quantitative estimate of drug-likeness (QED) is 0.524. The summed E-state index contributed by atoms with van der Waals surface area (Å²) in [5.41, 5.74) is 2.06. The van der Waals surface area contributed by atoms with Crippen LogP contribution in [-0.4, -0.2) is 25.8 Å². The molecule has 1 N–H and O–H groups in total. The van der Waals surface area contributed by atoms with Crippen molar-refractivity contribution in [2.45, 2.75) is 6.54 Å². The molecule has 0 saturated heterocycles. The molecule has 0 aliphatic rings. The predicted molar refractivity (Wildman–Crippen MR) is 103 cm³/mol. The fraction of sp³-hybridized carbons (Fsp3) is 0.0526. The monoisotopic (exact) mass is 423 g/mol. The lowest BCUT2D eigenvalue weighted by atomic mass is 10.2. The number of pyridine rings is 1. The first-order chi connectivity index (χ1) is 13.2. The Kier molecular flexibility index (Phi) is 4.80.